The van der Waals surface area contributed by atoms with Crippen molar-refractivity contribution in [3.05, 3.63) is 35.8 Å². The molecule has 2 aliphatic heterocycles. The maximum Gasteiger partial charge on any atom is 0.226 e. The number of nitrogens with zero attached hydrogens (tertiary/aromatic N) is 3. The number of fused-ring (bicyclic) bond motifs is 1. The molecule has 5 nitrogen and oxygen atoms in total. The third kappa shape index (κ3) is 3.91. The number of imidazole rings is 1. The fourth-order valence-electron chi connectivity index (χ4n) is 4.24. The summed E-state index contributed by atoms with van der Waals surface area (Å²) in [5.41, 5.74) is 3.03. The van der Waals surface area contributed by atoms with Gasteiger partial charge in [-0.05, 0) is 55.7 Å². The first-order chi connectivity index (χ1) is 12.7. The summed E-state index contributed by atoms with van der Waals surface area (Å²) in [7, 11) is 0. The molecule has 0 atom stereocenters. The number of amides is 1. The Hall–Kier alpha value is -1.53. The van der Waals surface area contributed by atoms with Crippen molar-refractivity contribution in [2.75, 3.05) is 24.6 Å². The van der Waals surface area contributed by atoms with E-state index in [0.717, 1.165) is 48.9 Å². The highest BCUT2D eigenvalue weighted by Gasteiger charge is 2.27. The van der Waals surface area contributed by atoms with Crippen LogP contribution in [0.15, 0.2) is 24.5 Å². The van der Waals surface area contributed by atoms with Crippen LogP contribution in [0.2, 0.25) is 0 Å². The van der Waals surface area contributed by atoms with E-state index in [-0.39, 0.29) is 5.91 Å². The van der Waals surface area contributed by atoms with Crippen molar-refractivity contribution in [3.63, 3.8) is 0 Å². The van der Waals surface area contributed by atoms with Gasteiger partial charge in [0.1, 0.15) is 5.65 Å². The van der Waals surface area contributed by atoms with Gasteiger partial charge in [-0.15, -0.1) is 0 Å². The smallest absolute Gasteiger partial charge is 0.226 e. The maximum atomic E-state index is 12.5. The molecular weight excluding hydrogens is 344 g/mol. The Kier molecular flexibility index (Phi) is 5.50. The standard InChI is InChI=1S/C20H28N4OS/c1-15-3-2-8-24-18(14-21-20(15)24)13-19(25)22-16-4-9-23(10-5-16)17-6-11-26-12-7-17/h2-3,8,14,16-17H,4-7,9-13H2,1H3,(H,22,25). The number of carbonyl (C=O) groups is 1. The average molecular weight is 373 g/mol. The minimum atomic E-state index is 0.112. The molecule has 0 saturated carbocycles. The highest BCUT2D eigenvalue weighted by Crippen LogP contribution is 2.24. The molecule has 0 radical (unpaired) electrons. The zero-order valence-corrected chi connectivity index (χ0v) is 16.3. The minimum Gasteiger partial charge on any atom is -0.353 e. The lowest BCUT2D eigenvalue weighted by molar-refractivity contribution is -0.121. The number of carbonyl (C=O) groups excluding carboxylic acids is 1. The maximum absolute atomic E-state index is 12.5. The first-order valence-corrected chi connectivity index (χ1v) is 10.9. The average Bonchev–Trinajstić information content (AvgIpc) is 3.07. The SMILES string of the molecule is Cc1cccn2c(CC(=O)NC3CCN(C4CCSCC4)CC3)cnc12. The Bertz CT molecular complexity index is 760. The number of aryl methyl sites for hydroxylation is 1. The predicted molar refractivity (Wildman–Crippen MR) is 107 cm³/mol. The summed E-state index contributed by atoms with van der Waals surface area (Å²) in [5.74, 6) is 2.72. The molecule has 4 rings (SSSR count). The largest absolute Gasteiger partial charge is 0.353 e. The van der Waals surface area contributed by atoms with Crippen molar-refractivity contribution in [2.24, 2.45) is 0 Å². The van der Waals surface area contributed by atoms with Crippen LogP contribution in [0.5, 0.6) is 0 Å². The lowest BCUT2D eigenvalue weighted by Gasteiger charge is -2.39. The topological polar surface area (TPSA) is 49.6 Å². The van der Waals surface area contributed by atoms with Gasteiger partial charge in [0.25, 0.3) is 0 Å². The Morgan fingerprint density at radius 3 is 2.81 bits per heavy atom. The summed E-state index contributed by atoms with van der Waals surface area (Å²) < 4.78 is 2.03. The summed E-state index contributed by atoms with van der Waals surface area (Å²) in [4.78, 5) is 19.6. The molecule has 6 heteroatoms. The van der Waals surface area contributed by atoms with Gasteiger partial charge in [-0.1, -0.05) is 6.07 Å². The second-order valence-corrected chi connectivity index (χ2v) is 8.76. The first-order valence-electron chi connectivity index (χ1n) is 9.73. The van der Waals surface area contributed by atoms with E-state index in [2.05, 4.69) is 27.0 Å². The second kappa shape index (κ2) is 8.01. The van der Waals surface area contributed by atoms with E-state index in [1.807, 2.05) is 35.9 Å². The number of rotatable bonds is 4. The van der Waals surface area contributed by atoms with E-state index in [9.17, 15) is 4.79 Å². The monoisotopic (exact) mass is 372 g/mol. The van der Waals surface area contributed by atoms with E-state index in [1.54, 1.807) is 0 Å². The van der Waals surface area contributed by atoms with Crippen LogP contribution in [0, 0.1) is 6.92 Å². The summed E-state index contributed by atoms with van der Waals surface area (Å²) >= 11 is 2.08. The van der Waals surface area contributed by atoms with Gasteiger partial charge < -0.3 is 14.6 Å². The van der Waals surface area contributed by atoms with Crippen molar-refractivity contribution >= 4 is 23.3 Å². The molecule has 26 heavy (non-hydrogen) atoms. The molecule has 2 fully saturated rings. The van der Waals surface area contributed by atoms with Crippen LogP contribution in [-0.4, -0.2) is 56.9 Å². The zero-order valence-electron chi connectivity index (χ0n) is 15.5. The van der Waals surface area contributed by atoms with Crippen molar-refractivity contribution < 1.29 is 4.79 Å². The molecule has 0 spiro atoms. The number of hydrogen-bond donors (Lipinski definition) is 1. The van der Waals surface area contributed by atoms with Crippen molar-refractivity contribution in [1.82, 2.24) is 19.6 Å². The van der Waals surface area contributed by atoms with Gasteiger partial charge in [0.2, 0.25) is 5.91 Å². The van der Waals surface area contributed by atoms with Gasteiger partial charge in [-0.3, -0.25) is 4.79 Å². The number of piperidine rings is 1. The van der Waals surface area contributed by atoms with Gasteiger partial charge in [0.05, 0.1) is 12.1 Å². The number of aromatic nitrogens is 2. The van der Waals surface area contributed by atoms with Crippen LogP contribution < -0.4 is 5.32 Å². The Morgan fingerprint density at radius 1 is 1.27 bits per heavy atom. The van der Waals surface area contributed by atoms with Gasteiger partial charge >= 0.3 is 0 Å². The summed E-state index contributed by atoms with van der Waals surface area (Å²) in [5, 5.41) is 3.25. The Morgan fingerprint density at radius 2 is 2.04 bits per heavy atom. The van der Waals surface area contributed by atoms with E-state index in [4.69, 9.17) is 0 Å². The van der Waals surface area contributed by atoms with Crippen LogP contribution in [0.3, 0.4) is 0 Å². The van der Waals surface area contributed by atoms with Gasteiger partial charge in [-0.2, -0.15) is 11.8 Å². The number of likely N-dealkylation sites (tertiary alicyclic amines) is 1. The molecule has 0 aliphatic carbocycles. The molecule has 0 aromatic carbocycles. The third-order valence-corrected chi connectivity index (χ3v) is 6.80. The van der Waals surface area contributed by atoms with Gasteiger partial charge in [0, 0.05) is 37.6 Å². The van der Waals surface area contributed by atoms with Crippen molar-refractivity contribution in [2.45, 2.75) is 51.1 Å². The van der Waals surface area contributed by atoms with E-state index < -0.39 is 0 Å². The summed E-state index contributed by atoms with van der Waals surface area (Å²) in [6, 6.07) is 5.14. The zero-order chi connectivity index (χ0) is 17.9. The molecule has 0 bridgehead atoms. The third-order valence-electron chi connectivity index (χ3n) is 5.75. The van der Waals surface area contributed by atoms with Gasteiger partial charge in [-0.25, -0.2) is 4.98 Å². The fraction of sp³-hybridized carbons (Fsp3) is 0.600. The van der Waals surface area contributed by atoms with Crippen LogP contribution >= 0.6 is 11.8 Å². The fourth-order valence-corrected chi connectivity index (χ4v) is 5.32. The molecular formula is C20H28N4OS. The van der Waals surface area contributed by atoms with Gasteiger partial charge in [0.15, 0.2) is 0 Å². The molecule has 2 aromatic heterocycles. The molecule has 4 heterocycles. The lowest BCUT2D eigenvalue weighted by atomic mass is 10.0. The second-order valence-electron chi connectivity index (χ2n) is 7.53. The van der Waals surface area contributed by atoms with Crippen LogP contribution in [-0.2, 0) is 11.2 Å². The molecule has 140 valence electrons. The highest BCUT2D eigenvalue weighted by atomic mass is 32.2. The first kappa shape index (κ1) is 17.9. The molecule has 2 aromatic rings. The van der Waals surface area contributed by atoms with E-state index in [0.29, 0.717) is 12.5 Å². The highest BCUT2D eigenvalue weighted by molar-refractivity contribution is 7.99. The molecule has 2 saturated heterocycles. The van der Waals surface area contributed by atoms with E-state index >= 15 is 0 Å². The number of thioether (sulfide) groups is 1. The predicted octanol–water partition coefficient (Wildman–Crippen LogP) is 2.66. The normalized spacial score (nSPS) is 20.5. The molecule has 2 aliphatic rings. The quantitative estimate of drug-likeness (QED) is 0.896. The molecule has 1 amide bonds. The Balaban J connectivity index is 1.29. The summed E-state index contributed by atoms with van der Waals surface area (Å²) in [6.45, 7) is 4.29. The van der Waals surface area contributed by atoms with E-state index in [1.165, 1.54) is 24.3 Å². The minimum absolute atomic E-state index is 0.112. The van der Waals surface area contributed by atoms with Crippen molar-refractivity contribution in [1.29, 1.82) is 0 Å². The van der Waals surface area contributed by atoms with Crippen LogP contribution in [0.4, 0.5) is 0 Å². The number of hydrogen-bond acceptors (Lipinski definition) is 4. The molecule has 1 N–H and O–H groups in total. The Labute approximate surface area is 159 Å². The van der Waals surface area contributed by atoms with Crippen molar-refractivity contribution in [3.8, 4) is 0 Å². The summed E-state index contributed by atoms with van der Waals surface area (Å²) in [6.07, 6.45) is 9.00. The van der Waals surface area contributed by atoms with Crippen LogP contribution in [0.1, 0.15) is 36.9 Å². The number of pyridine rings is 1. The number of nitrogens with one attached hydrogen (secondary N) is 1. The van der Waals surface area contributed by atoms with Crippen LogP contribution in [0.25, 0.3) is 5.65 Å². The molecule has 0 unspecified atom stereocenters. The lowest BCUT2D eigenvalue weighted by Crippen LogP contribution is -2.49.